The molecular formula is C21H27N3O4S2. The second-order valence-electron chi connectivity index (χ2n) is 7.65. The van der Waals surface area contributed by atoms with Crippen LogP contribution in [0.25, 0.3) is 0 Å². The SMILES string of the molecule is CC(=O)N1CCN(S(=O)(=O)c2ccc(C(=O)N[C@@H](c3cccs3)C(C)C)cc2)CC1. The van der Waals surface area contributed by atoms with Gasteiger partial charge >= 0.3 is 0 Å². The first-order valence-electron chi connectivity index (χ1n) is 9.90. The van der Waals surface area contributed by atoms with Crippen LogP contribution in [0.15, 0.2) is 46.7 Å². The van der Waals surface area contributed by atoms with Crippen LogP contribution < -0.4 is 5.32 Å². The number of nitrogens with zero attached hydrogens (tertiary/aromatic N) is 2. The minimum absolute atomic E-state index is 0.0512. The Balaban J connectivity index is 1.69. The molecule has 0 aliphatic carbocycles. The average molecular weight is 450 g/mol. The van der Waals surface area contributed by atoms with E-state index in [1.807, 2.05) is 31.4 Å². The molecule has 9 heteroatoms. The van der Waals surface area contributed by atoms with E-state index in [9.17, 15) is 18.0 Å². The van der Waals surface area contributed by atoms with Gasteiger partial charge in [-0.2, -0.15) is 4.31 Å². The van der Waals surface area contributed by atoms with Gasteiger partial charge in [0.1, 0.15) is 0 Å². The molecule has 0 unspecified atom stereocenters. The molecule has 0 saturated carbocycles. The molecule has 1 aliphatic heterocycles. The number of amides is 2. The van der Waals surface area contributed by atoms with Crippen LogP contribution in [0.2, 0.25) is 0 Å². The fraction of sp³-hybridized carbons (Fsp3) is 0.429. The molecule has 0 spiro atoms. The maximum Gasteiger partial charge on any atom is 0.251 e. The van der Waals surface area contributed by atoms with Crippen LogP contribution in [0.3, 0.4) is 0 Å². The van der Waals surface area contributed by atoms with E-state index >= 15 is 0 Å². The second-order valence-corrected chi connectivity index (χ2v) is 10.6. The molecule has 2 heterocycles. The van der Waals surface area contributed by atoms with Crippen molar-refractivity contribution >= 4 is 33.2 Å². The summed E-state index contributed by atoms with van der Waals surface area (Å²) in [5.41, 5.74) is 0.414. The fourth-order valence-corrected chi connectivity index (χ4v) is 5.80. The maximum atomic E-state index is 12.9. The molecule has 2 amide bonds. The lowest BCUT2D eigenvalue weighted by molar-refractivity contribution is -0.129. The van der Waals surface area contributed by atoms with Crippen LogP contribution in [-0.2, 0) is 14.8 Å². The normalized spacial score (nSPS) is 16.5. The average Bonchev–Trinajstić information content (AvgIpc) is 3.26. The van der Waals surface area contributed by atoms with Gasteiger partial charge in [0.05, 0.1) is 10.9 Å². The van der Waals surface area contributed by atoms with Crippen LogP contribution in [0.4, 0.5) is 0 Å². The van der Waals surface area contributed by atoms with Gasteiger partial charge in [-0.25, -0.2) is 8.42 Å². The smallest absolute Gasteiger partial charge is 0.251 e. The Bertz CT molecular complexity index is 978. The Morgan fingerprint density at radius 3 is 2.17 bits per heavy atom. The summed E-state index contributed by atoms with van der Waals surface area (Å²) >= 11 is 1.60. The lowest BCUT2D eigenvalue weighted by atomic mass is 10.0. The molecule has 3 rings (SSSR count). The lowest BCUT2D eigenvalue weighted by Crippen LogP contribution is -2.49. The summed E-state index contributed by atoms with van der Waals surface area (Å²) < 4.78 is 27.2. The van der Waals surface area contributed by atoms with Crippen molar-refractivity contribution in [3.63, 3.8) is 0 Å². The molecule has 1 N–H and O–H groups in total. The summed E-state index contributed by atoms with van der Waals surface area (Å²) in [6.45, 7) is 6.87. The molecule has 1 aliphatic rings. The minimum Gasteiger partial charge on any atom is -0.344 e. The highest BCUT2D eigenvalue weighted by Crippen LogP contribution is 2.26. The van der Waals surface area contributed by atoms with Crippen molar-refractivity contribution in [1.82, 2.24) is 14.5 Å². The fourth-order valence-electron chi connectivity index (χ4n) is 3.43. The van der Waals surface area contributed by atoms with Crippen molar-refractivity contribution in [3.05, 3.63) is 52.2 Å². The zero-order valence-electron chi connectivity index (χ0n) is 17.4. The van der Waals surface area contributed by atoms with Gasteiger partial charge in [-0.3, -0.25) is 9.59 Å². The van der Waals surface area contributed by atoms with Crippen molar-refractivity contribution in [2.45, 2.75) is 31.7 Å². The summed E-state index contributed by atoms with van der Waals surface area (Å²) in [6, 6.07) is 9.88. The molecule has 1 aromatic heterocycles. The quantitative estimate of drug-likeness (QED) is 0.735. The molecule has 1 aromatic carbocycles. The molecule has 1 saturated heterocycles. The van der Waals surface area contributed by atoms with E-state index in [1.165, 1.54) is 23.4 Å². The Morgan fingerprint density at radius 2 is 1.67 bits per heavy atom. The third-order valence-corrected chi connectivity index (χ3v) is 8.11. The van der Waals surface area contributed by atoms with Crippen LogP contribution in [0, 0.1) is 5.92 Å². The molecule has 2 aromatic rings. The van der Waals surface area contributed by atoms with Crippen molar-refractivity contribution in [1.29, 1.82) is 0 Å². The topological polar surface area (TPSA) is 86.8 Å². The van der Waals surface area contributed by atoms with E-state index in [0.717, 1.165) is 4.88 Å². The minimum atomic E-state index is -3.66. The van der Waals surface area contributed by atoms with E-state index in [1.54, 1.807) is 28.4 Å². The second kappa shape index (κ2) is 9.28. The summed E-state index contributed by atoms with van der Waals surface area (Å²) in [4.78, 5) is 27.0. The summed E-state index contributed by atoms with van der Waals surface area (Å²) in [6.07, 6.45) is 0. The van der Waals surface area contributed by atoms with Gasteiger partial charge in [0.25, 0.3) is 5.91 Å². The highest BCUT2D eigenvalue weighted by Gasteiger charge is 2.29. The first kappa shape index (κ1) is 22.5. The molecular weight excluding hydrogens is 422 g/mol. The van der Waals surface area contributed by atoms with E-state index in [2.05, 4.69) is 5.32 Å². The molecule has 1 atom stereocenters. The predicted octanol–water partition coefficient (Wildman–Crippen LogP) is 2.73. The third-order valence-electron chi connectivity index (χ3n) is 5.24. The Hall–Kier alpha value is -2.23. The highest BCUT2D eigenvalue weighted by atomic mass is 32.2. The number of benzene rings is 1. The number of piperazine rings is 1. The van der Waals surface area contributed by atoms with Gasteiger partial charge in [0, 0.05) is 43.5 Å². The number of carbonyl (C=O) groups is 2. The molecule has 162 valence electrons. The summed E-state index contributed by atoms with van der Waals surface area (Å²) in [5, 5.41) is 5.03. The molecule has 0 bridgehead atoms. The van der Waals surface area contributed by atoms with Crippen molar-refractivity contribution in [3.8, 4) is 0 Å². The van der Waals surface area contributed by atoms with Gasteiger partial charge in [0.2, 0.25) is 15.9 Å². The van der Waals surface area contributed by atoms with Crippen molar-refractivity contribution in [2.24, 2.45) is 5.92 Å². The van der Waals surface area contributed by atoms with E-state index in [-0.39, 0.29) is 41.8 Å². The third kappa shape index (κ3) is 4.91. The summed E-state index contributed by atoms with van der Waals surface area (Å²) in [5.74, 6) is -0.0632. The van der Waals surface area contributed by atoms with Gasteiger partial charge in [-0.1, -0.05) is 19.9 Å². The first-order chi connectivity index (χ1) is 14.2. The maximum absolute atomic E-state index is 12.9. The van der Waals surface area contributed by atoms with Gasteiger partial charge < -0.3 is 10.2 Å². The van der Waals surface area contributed by atoms with Crippen molar-refractivity contribution in [2.75, 3.05) is 26.2 Å². The molecule has 1 fully saturated rings. The number of nitrogens with one attached hydrogen (secondary N) is 1. The van der Waals surface area contributed by atoms with Crippen LogP contribution >= 0.6 is 11.3 Å². The van der Waals surface area contributed by atoms with Crippen LogP contribution in [0.5, 0.6) is 0 Å². The Labute approximate surface area is 181 Å². The predicted molar refractivity (Wildman–Crippen MR) is 117 cm³/mol. The standard InChI is InChI=1S/C21H27N3O4S2/c1-15(2)20(19-5-4-14-29-19)22-21(26)17-6-8-18(9-7-17)30(27,28)24-12-10-23(11-13-24)16(3)25/h4-9,14-15,20H,10-13H2,1-3H3,(H,22,26)/t20-/m1/s1. The van der Waals surface area contributed by atoms with Gasteiger partial charge in [-0.15, -0.1) is 11.3 Å². The van der Waals surface area contributed by atoms with Crippen LogP contribution in [0.1, 0.15) is 42.0 Å². The largest absolute Gasteiger partial charge is 0.344 e. The van der Waals surface area contributed by atoms with Crippen LogP contribution in [-0.4, -0.2) is 55.6 Å². The van der Waals surface area contributed by atoms with Gasteiger partial charge in [-0.05, 0) is 41.6 Å². The Kier molecular flexibility index (Phi) is 6.95. The molecule has 7 nitrogen and oxygen atoms in total. The van der Waals surface area contributed by atoms with E-state index in [4.69, 9.17) is 0 Å². The molecule has 30 heavy (non-hydrogen) atoms. The lowest BCUT2D eigenvalue weighted by Gasteiger charge is -2.33. The number of carbonyl (C=O) groups excluding carboxylic acids is 2. The summed E-state index contributed by atoms with van der Waals surface area (Å²) in [7, 11) is -3.66. The zero-order chi connectivity index (χ0) is 21.9. The van der Waals surface area contributed by atoms with E-state index < -0.39 is 10.0 Å². The number of sulfonamides is 1. The highest BCUT2D eigenvalue weighted by molar-refractivity contribution is 7.89. The van der Waals surface area contributed by atoms with E-state index in [0.29, 0.717) is 18.7 Å². The monoisotopic (exact) mass is 449 g/mol. The number of thiophene rings is 1. The first-order valence-corrected chi connectivity index (χ1v) is 12.2. The zero-order valence-corrected chi connectivity index (χ0v) is 19.0. The number of hydrogen-bond acceptors (Lipinski definition) is 5. The molecule has 0 radical (unpaired) electrons. The number of hydrogen-bond donors (Lipinski definition) is 1. The van der Waals surface area contributed by atoms with Crippen molar-refractivity contribution < 1.29 is 18.0 Å². The number of rotatable bonds is 6. The van der Waals surface area contributed by atoms with Gasteiger partial charge in [0.15, 0.2) is 0 Å². The Morgan fingerprint density at radius 1 is 1.03 bits per heavy atom.